The molecule has 2 aliphatic heterocycles. The lowest BCUT2D eigenvalue weighted by Gasteiger charge is -2.31. The summed E-state index contributed by atoms with van der Waals surface area (Å²) in [5.74, 6) is -0.703. The maximum atomic E-state index is 12.8. The van der Waals surface area contributed by atoms with Gasteiger partial charge in [0, 0.05) is 24.7 Å². The fourth-order valence-electron chi connectivity index (χ4n) is 4.10. The third kappa shape index (κ3) is 5.45. The number of anilines is 1. The lowest BCUT2D eigenvalue weighted by Crippen LogP contribution is -2.37. The number of benzene rings is 2. The van der Waals surface area contributed by atoms with E-state index in [0.29, 0.717) is 57.7 Å². The molecule has 5 rings (SSSR count). The van der Waals surface area contributed by atoms with Gasteiger partial charge < -0.3 is 19.7 Å². The van der Waals surface area contributed by atoms with E-state index < -0.39 is 5.97 Å². The van der Waals surface area contributed by atoms with E-state index in [-0.39, 0.29) is 12.5 Å². The summed E-state index contributed by atoms with van der Waals surface area (Å²) in [4.78, 5) is 37.0. The van der Waals surface area contributed by atoms with E-state index in [4.69, 9.17) is 32.7 Å². The highest BCUT2D eigenvalue weighted by atomic mass is 35.5. The molecule has 0 aliphatic carbocycles. The van der Waals surface area contributed by atoms with Crippen LogP contribution >= 0.6 is 35.0 Å². The maximum absolute atomic E-state index is 12.8. The van der Waals surface area contributed by atoms with Crippen LogP contribution in [0.15, 0.2) is 52.5 Å². The van der Waals surface area contributed by atoms with E-state index in [1.54, 1.807) is 37.4 Å². The highest BCUT2D eigenvalue weighted by Crippen LogP contribution is 2.36. The van der Waals surface area contributed by atoms with Crippen LogP contribution in [0.5, 0.6) is 0 Å². The lowest BCUT2D eigenvalue weighted by atomic mass is 10.0. The van der Waals surface area contributed by atoms with E-state index in [0.717, 1.165) is 22.2 Å². The highest BCUT2D eigenvalue weighted by Gasteiger charge is 2.26. The fourth-order valence-corrected chi connectivity index (χ4v) is 5.41. The molecule has 2 aliphatic rings. The number of thioether (sulfide) groups is 1. The first-order valence-corrected chi connectivity index (χ1v) is 13.2. The van der Waals surface area contributed by atoms with Gasteiger partial charge in [-0.25, -0.2) is 9.79 Å². The molecule has 2 saturated heterocycles. The molecule has 1 amide bonds. The molecule has 0 saturated carbocycles. The van der Waals surface area contributed by atoms with Crippen molar-refractivity contribution < 1.29 is 19.1 Å². The largest absolute Gasteiger partial charge is 0.462 e. The minimum atomic E-state index is -0.424. The Labute approximate surface area is 227 Å². The van der Waals surface area contributed by atoms with Crippen molar-refractivity contribution in [2.24, 2.45) is 4.99 Å². The number of pyridine rings is 1. The number of carbonyl (C=O) groups excluding carboxylic acids is 2. The summed E-state index contributed by atoms with van der Waals surface area (Å²) in [5, 5.41) is 4.72. The number of fused-ring (bicyclic) bond motifs is 1. The van der Waals surface area contributed by atoms with Crippen LogP contribution in [-0.4, -0.2) is 54.9 Å². The van der Waals surface area contributed by atoms with Gasteiger partial charge in [-0.1, -0.05) is 35.3 Å². The molecular formula is C26H22Cl2N4O4S. The van der Waals surface area contributed by atoms with Gasteiger partial charge in [0.25, 0.3) is 5.91 Å². The second-order valence-electron chi connectivity index (χ2n) is 8.17. The van der Waals surface area contributed by atoms with Gasteiger partial charge in [0.05, 0.1) is 46.0 Å². The summed E-state index contributed by atoms with van der Waals surface area (Å²) in [6.07, 6.45) is 3.34. The average molecular weight is 557 g/mol. The Morgan fingerprint density at radius 3 is 2.73 bits per heavy atom. The van der Waals surface area contributed by atoms with Gasteiger partial charge in [0.1, 0.15) is 11.3 Å². The number of aliphatic imine (C=N–C) groups is 1. The molecule has 1 N–H and O–H groups in total. The normalized spacial score (nSPS) is 18.0. The summed E-state index contributed by atoms with van der Waals surface area (Å²) in [7, 11) is 0. The number of nitrogens with zero attached hydrogens (tertiary/aromatic N) is 3. The molecule has 2 aromatic carbocycles. The summed E-state index contributed by atoms with van der Waals surface area (Å²) < 4.78 is 10.8. The van der Waals surface area contributed by atoms with Crippen molar-refractivity contribution in [2.45, 2.75) is 6.92 Å². The van der Waals surface area contributed by atoms with Crippen LogP contribution in [0.4, 0.5) is 11.4 Å². The molecule has 8 nitrogen and oxygen atoms in total. The third-order valence-electron chi connectivity index (χ3n) is 5.79. The van der Waals surface area contributed by atoms with Gasteiger partial charge >= 0.3 is 5.97 Å². The molecule has 190 valence electrons. The van der Waals surface area contributed by atoms with Crippen LogP contribution in [0, 0.1) is 0 Å². The summed E-state index contributed by atoms with van der Waals surface area (Å²) in [6.45, 7) is 4.43. The summed E-state index contributed by atoms with van der Waals surface area (Å²) in [5.41, 5.74) is 3.06. The minimum Gasteiger partial charge on any atom is -0.462 e. The Morgan fingerprint density at radius 1 is 1.24 bits per heavy atom. The van der Waals surface area contributed by atoms with Crippen molar-refractivity contribution in [3.63, 3.8) is 0 Å². The molecule has 37 heavy (non-hydrogen) atoms. The Kier molecular flexibility index (Phi) is 7.66. The standard InChI is InChI=1S/C26H22Cl2N4O4S/c1-2-36-25(34)17-14-29-20-7-6-15(12-16(20)23(17)32-8-10-35-11-9-32)13-21-24(33)31-26(37-21)30-22-18(27)4-3-5-19(22)28/h3-7,12-14H,2,8-11H2,1H3,(H,30,31,33)/b21-13+. The predicted octanol–water partition coefficient (Wildman–Crippen LogP) is 5.45. The molecule has 0 spiro atoms. The van der Waals surface area contributed by atoms with Crippen molar-refractivity contribution in [1.29, 1.82) is 0 Å². The van der Waals surface area contributed by atoms with Gasteiger partial charge in [-0.3, -0.25) is 9.78 Å². The van der Waals surface area contributed by atoms with E-state index in [9.17, 15) is 9.59 Å². The average Bonchev–Trinajstić information content (AvgIpc) is 3.24. The topological polar surface area (TPSA) is 93.1 Å². The Hall–Kier alpha value is -3.11. The van der Waals surface area contributed by atoms with Crippen molar-refractivity contribution in [3.8, 4) is 0 Å². The number of ether oxygens (including phenoxy) is 2. The zero-order chi connectivity index (χ0) is 25.9. The monoisotopic (exact) mass is 556 g/mol. The van der Waals surface area contributed by atoms with Crippen LogP contribution in [0.1, 0.15) is 22.8 Å². The summed E-state index contributed by atoms with van der Waals surface area (Å²) in [6, 6.07) is 10.8. The number of amidine groups is 1. The zero-order valence-corrected chi connectivity index (χ0v) is 22.1. The van der Waals surface area contributed by atoms with Crippen LogP contribution in [0.25, 0.3) is 17.0 Å². The molecule has 3 heterocycles. The number of para-hydroxylation sites is 1. The molecule has 0 bridgehead atoms. The molecule has 0 atom stereocenters. The van der Waals surface area contributed by atoms with E-state index in [1.165, 1.54) is 11.8 Å². The second-order valence-corrected chi connectivity index (χ2v) is 10.0. The van der Waals surface area contributed by atoms with Crippen molar-refractivity contribution >= 4 is 80.4 Å². The van der Waals surface area contributed by atoms with Crippen LogP contribution in [-0.2, 0) is 14.3 Å². The van der Waals surface area contributed by atoms with Gasteiger partial charge in [0.2, 0.25) is 0 Å². The number of nitrogens with one attached hydrogen (secondary N) is 1. The molecular weight excluding hydrogens is 535 g/mol. The third-order valence-corrected chi connectivity index (χ3v) is 7.31. The highest BCUT2D eigenvalue weighted by molar-refractivity contribution is 8.18. The molecule has 1 aromatic heterocycles. The number of halogens is 2. The Balaban J connectivity index is 1.53. The first-order chi connectivity index (χ1) is 17.9. The zero-order valence-electron chi connectivity index (χ0n) is 19.8. The molecule has 0 radical (unpaired) electrons. The maximum Gasteiger partial charge on any atom is 0.341 e. The van der Waals surface area contributed by atoms with Crippen molar-refractivity contribution in [1.82, 2.24) is 10.3 Å². The fraction of sp³-hybridized carbons (Fsp3) is 0.231. The minimum absolute atomic E-state index is 0.265. The molecule has 0 unspecified atom stereocenters. The molecule has 11 heteroatoms. The smallest absolute Gasteiger partial charge is 0.341 e. The van der Waals surface area contributed by atoms with Crippen molar-refractivity contribution in [3.05, 3.63) is 68.7 Å². The Morgan fingerprint density at radius 2 is 2.00 bits per heavy atom. The van der Waals surface area contributed by atoms with E-state index in [1.807, 2.05) is 18.2 Å². The molecule has 2 fully saturated rings. The van der Waals surface area contributed by atoms with E-state index in [2.05, 4.69) is 20.2 Å². The number of amides is 1. The first-order valence-electron chi connectivity index (χ1n) is 11.6. The summed E-state index contributed by atoms with van der Waals surface area (Å²) >= 11 is 13.6. The number of rotatable bonds is 5. The van der Waals surface area contributed by atoms with E-state index >= 15 is 0 Å². The molecule has 3 aromatic rings. The second kappa shape index (κ2) is 11.1. The SMILES string of the molecule is CCOC(=O)c1cnc2ccc(/C=C3/SC(=Nc4c(Cl)cccc4Cl)NC3=O)cc2c1N1CCOCC1. The quantitative estimate of drug-likeness (QED) is 0.330. The number of aromatic nitrogens is 1. The number of carbonyl (C=O) groups is 2. The van der Waals surface area contributed by atoms with Gasteiger partial charge in [-0.2, -0.15) is 0 Å². The van der Waals surface area contributed by atoms with Crippen LogP contribution in [0.3, 0.4) is 0 Å². The van der Waals surface area contributed by atoms with Crippen LogP contribution < -0.4 is 10.2 Å². The van der Waals surface area contributed by atoms with Crippen molar-refractivity contribution in [2.75, 3.05) is 37.8 Å². The van der Waals surface area contributed by atoms with Gasteiger partial charge in [-0.05, 0) is 54.6 Å². The lowest BCUT2D eigenvalue weighted by molar-refractivity contribution is -0.115. The number of hydrogen-bond donors (Lipinski definition) is 1. The number of hydrogen-bond acceptors (Lipinski definition) is 8. The van der Waals surface area contributed by atoms with Gasteiger partial charge in [0.15, 0.2) is 5.17 Å². The predicted molar refractivity (Wildman–Crippen MR) is 148 cm³/mol. The number of esters is 1. The number of morpholine rings is 1. The van der Waals surface area contributed by atoms with Crippen LogP contribution in [0.2, 0.25) is 10.0 Å². The van der Waals surface area contributed by atoms with Gasteiger partial charge in [-0.15, -0.1) is 0 Å². The first kappa shape index (κ1) is 25.5. The Bertz CT molecular complexity index is 1430.